The maximum absolute atomic E-state index is 9.98. The zero-order valence-electron chi connectivity index (χ0n) is 4.66. The van der Waals surface area contributed by atoms with Crippen LogP contribution in [0.1, 0.15) is 6.92 Å². The van der Waals surface area contributed by atoms with Crippen molar-refractivity contribution >= 4 is 5.97 Å². The van der Waals surface area contributed by atoms with Crippen LogP contribution in [-0.2, 0) is 9.63 Å². The van der Waals surface area contributed by atoms with Crippen molar-refractivity contribution < 1.29 is 9.63 Å². The van der Waals surface area contributed by atoms with Gasteiger partial charge >= 0.3 is 11.1 Å². The molecule has 0 aromatic heterocycles. The van der Waals surface area contributed by atoms with E-state index in [1.165, 1.54) is 14.0 Å². The van der Waals surface area contributed by atoms with Gasteiger partial charge in [0.15, 0.2) is 5.17 Å². The first kappa shape index (κ1) is 6.69. The van der Waals surface area contributed by atoms with Gasteiger partial charge in [-0.05, 0) is 0 Å². The first-order valence-electron chi connectivity index (χ1n) is 1.94. The van der Waals surface area contributed by atoms with E-state index in [0.29, 0.717) is 5.17 Å². The molecule has 0 amide bonds. The highest BCUT2D eigenvalue weighted by Crippen LogP contribution is 1.83. The Balaban J connectivity index is 3.43. The average Bonchev–Trinajstić information content (AvgIpc) is 1.65. The minimum atomic E-state index is -0.523. The number of carbonyl (C=O) groups is 1. The highest BCUT2D eigenvalue weighted by atomic mass is 16.7. The molecule has 0 bridgehead atoms. The molecule has 0 unspecified atom stereocenters. The van der Waals surface area contributed by atoms with Gasteiger partial charge in [0.2, 0.25) is 0 Å². The molecule has 0 atom stereocenters. The molecule has 0 heterocycles. The molecule has 0 rings (SSSR count). The Morgan fingerprint density at radius 2 is 2.38 bits per heavy atom. The molecule has 5 nitrogen and oxygen atoms in total. The second-order valence-corrected chi connectivity index (χ2v) is 1.14. The summed E-state index contributed by atoms with van der Waals surface area (Å²) < 4.78 is 0. The van der Waals surface area contributed by atoms with Crippen LogP contribution in [0.15, 0.2) is 0 Å². The fourth-order valence-electron chi connectivity index (χ4n) is 0.204. The third-order valence-electron chi connectivity index (χ3n) is 0.387. The number of hydrogen-bond donors (Lipinski definition) is 0. The van der Waals surface area contributed by atoms with Gasteiger partial charge < -0.3 is 0 Å². The molecule has 0 aromatic rings. The van der Waals surface area contributed by atoms with Crippen LogP contribution in [0, 0.1) is 5.39 Å². The molecule has 0 aliphatic carbocycles. The molecule has 0 aliphatic rings. The van der Waals surface area contributed by atoms with Crippen molar-refractivity contribution in [3.05, 3.63) is 5.08 Å². The molecule has 0 saturated heterocycles. The van der Waals surface area contributed by atoms with E-state index in [4.69, 9.17) is 5.39 Å². The number of hydrogen-bond acceptors (Lipinski definition) is 4. The highest BCUT2D eigenvalue weighted by molar-refractivity contribution is 5.65. The Kier molecular flexibility index (Phi) is 2.34. The van der Waals surface area contributed by atoms with E-state index in [2.05, 4.69) is 9.92 Å². The number of rotatable bonds is 1. The Morgan fingerprint density at radius 1 is 1.88 bits per heavy atom. The molecule has 0 saturated carbocycles. The molecule has 0 radical (unpaired) electrons. The van der Waals surface area contributed by atoms with Gasteiger partial charge in [-0.1, -0.05) is 0 Å². The lowest BCUT2D eigenvalue weighted by Crippen LogP contribution is -2.12. The summed E-state index contributed by atoms with van der Waals surface area (Å²) in [5.74, 6) is -0.523. The topological polar surface area (TPSA) is 57.7 Å². The van der Waals surface area contributed by atoms with Gasteiger partial charge in [0, 0.05) is 6.92 Å². The van der Waals surface area contributed by atoms with Crippen molar-refractivity contribution in [3.8, 4) is 0 Å². The first-order chi connectivity index (χ1) is 3.66. The third kappa shape index (κ3) is 2.90. The zero-order valence-corrected chi connectivity index (χ0v) is 4.66. The fraction of sp³-hybridized carbons (Fsp3) is 0.667. The van der Waals surface area contributed by atoms with Crippen molar-refractivity contribution in [1.29, 1.82) is 5.39 Å². The second kappa shape index (κ2) is 2.80. The van der Waals surface area contributed by atoms with Gasteiger partial charge in [-0.15, -0.1) is 0 Å². The quantitative estimate of drug-likeness (QED) is 0.362. The standard InChI is InChI=1S/C3H6N3O2/c1-3(7)8-6(2)5-4/h1-2H3/q+1. The van der Waals surface area contributed by atoms with Gasteiger partial charge in [0.05, 0.1) is 0 Å². The van der Waals surface area contributed by atoms with Crippen molar-refractivity contribution in [2.75, 3.05) is 7.05 Å². The lowest BCUT2D eigenvalue weighted by molar-refractivity contribution is -0.171. The van der Waals surface area contributed by atoms with Crippen molar-refractivity contribution in [2.24, 2.45) is 0 Å². The van der Waals surface area contributed by atoms with Crippen LogP contribution in [0.25, 0.3) is 5.08 Å². The van der Waals surface area contributed by atoms with Crippen LogP contribution < -0.4 is 0 Å². The molecule has 44 valence electrons. The predicted octanol–water partition coefficient (Wildman–Crippen LogP) is 0.164. The van der Waals surface area contributed by atoms with E-state index < -0.39 is 5.97 Å². The van der Waals surface area contributed by atoms with Gasteiger partial charge in [-0.3, -0.25) is 4.84 Å². The van der Waals surface area contributed by atoms with Crippen LogP contribution in [-0.4, -0.2) is 18.2 Å². The molecule has 5 heteroatoms. The minimum absolute atomic E-state index is 0.523. The summed E-state index contributed by atoms with van der Waals surface area (Å²) in [7, 11) is 1.29. The predicted molar refractivity (Wildman–Crippen MR) is 24.6 cm³/mol. The normalized spacial score (nSPS) is 7.12. The van der Waals surface area contributed by atoms with E-state index in [9.17, 15) is 4.79 Å². The summed E-state index contributed by atoms with van der Waals surface area (Å²) in [5, 5.41) is 11.0. The van der Waals surface area contributed by atoms with E-state index in [1.54, 1.807) is 0 Å². The summed E-state index contributed by atoms with van der Waals surface area (Å²) in [6.07, 6.45) is 0. The minimum Gasteiger partial charge on any atom is -0.279 e. The number of diazo groups is 1. The van der Waals surface area contributed by atoms with E-state index in [0.717, 1.165) is 0 Å². The van der Waals surface area contributed by atoms with Gasteiger partial charge in [0.1, 0.15) is 7.05 Å². The van der Waals surface area contributed by atoms with Gasteiger partial charge in [0.25, 0.3) is 5.39 Å². The first-order valence-corrected chi connectivity index (χ1v) is 1.94. The lowest BCUT2D eigenvalue weighted by Gasteiger charge is -1.90. The Bertz CT molecular complexity index is 127. The molecule has 0 spiro atoms. The number of nitrogens with zero attached hydrogens (tertiary/aromatic N) is 3. The smallest absolute Gasteiger partial charge is 0.279 e. The summed E-state index contributed by atoms with van der Waals surface area (Å²) in [4.78, 5) is 14.2. The van der Waals surface area contributed by atoms with E-state index >= 15 is 0 Å². The number of hydroxylamine groups is 1. The molecule has 0 aliphatic heterocycles. The summed E-state index contributed by atoms with van der Waals surface area (Å²) >= 11 is 0. The van der Waals surface area contributed by atoms with Crippen molar-refractivity contribution in [2.45, 2.75) is 6.92 Å². The highest BCUT2D eigenvalue weighted by Gasteiger charge is 2.06. The number of carbonyl (C=O) groups excluding carboxylic acids is 1. The Hall–Kier alpha value is -1.31. The lowest BCUT2D eigenvalue weighted by atomic mass is 10.8. The Labute approximate surface area is 46.4 Å². The fourth-order valence-corrected chi connectivity index (χ4v) is 0.204. The molecule has 8 heavy (non-hydrogen) atoms. The molecular weight excluding hydrogens is 110 g/mol. The maximum Gasteiger partial charge on any atom is 0.344 e. The van der Waals surface area contributed by atoms with Gasteiger partial charge in [-0.25, -0.2) is 4.79 Å². The van der Waals surface area contributed by atoms with E-state index in [-0.39, 0.29) is 0 Å². The second-order valence-electron chi connectivity index (χ2n) is 1.14. The van der Waals surface area contributed by atoms with Crippen molar-refractivity contribution in [3.63, 3.8) is 0 Å². The SMILES string of the molecule is CC(=O)ON(C)[N+]#N. The van der Waals surface area contributed by atoms with Crippen LogP contribution in [0.3, 0.4) is 0 Å². The largest absolute Gasteiger partial charge is 0.344 e. The van der Waals surface area contributed by atoms with Gasteiger partial charge in [-0.2, -0.15) is 0 Å². The van der Waals surface area contributed by atoms with Crippen LogP contribution in [0.2, 0.25) is 0 Å². The molecular formula is C3H6N3O2+. The van der Waals surface area contributed by atoms with Crippen LogP contribution in [0.4, 0.5) is 0 Å². The van der Waals surface area contributed by atoms with Crippen molar-refractivity contribution in [1.82, 2.24) is 5.17 Å². The maximum atomic E-state index is 9.98. The summed E-state index contributed by atoms with van der Waals surface area (Å²) in [5.41, 5.74) is 0. The molecule has 0 fully saturated rings. The average molecular weight is 116 g/mol. The third-order valence-corrected chi connectivity index (χ3v) is 0.387. The molecule has 0 aromatic carbocycles. The Morgan fingerprint density at radius 3 is 2.50 bits per heavy atom. The zero-order chi connectivity index (χ0) is 6.57. The summed E-state index contributed by atoms with van der Waals surface area (Å²) in [6, 6.07) is 0. The molecule has 0 N–H and O–H groups in total. The monoisotopic (exact) mass is 116 g/mol. The summed E-state index contributed by atoms with van der Waals surface area (Å²) in [6.45, 7) is 1.21. The van der Waals surface area contributed by atoms with Crippen LogP contribution >= 0.6 is 0 Å². The van der Waals surface area contributed by atoms with Crippen LogP contribution in [0.5, 0.6) is 0 Å². The van der Waals surface area contributed by atoms with E-state index in [1.807, 2.05) is 0 Å².